The highest BCUT2D eigenvalue weighted by Crippen LogP contribution is 2.16. The summed E-state index contributed by atoms with van der Waals surface area (Å²) in [6.45, 7) is 0. The smallest absolute Gasteiger partial charge is 0.141 e. The lowest BCUT2D eigenvalue weighted by Gasteiger charge is -1.96. The van der Waals surface area contributed by atoms with Gasteiger partial charge in [0.05, 0.1) is 5.69 Å². The first-order chi connectivity index (χ1) is 8.83. The third-order valence-corrected chi connectivity index (χ3v) is 2.94. The van der Waals surface area contributed by atoms with Gasteiger partial charge in [0, 0.05) is 16.6 Å². The normalized spacial score (nSPS) is 11.4. The Bertz CT molecular complexity index is 698. The van der Waals surface area contributed by atoms with E-state index < -0.39 is 0 Å². The molecule has 0 spiro atoms. The molecule has 0 fully saturated rings. The molecule has 0 unspecified atom stereocenters. The summed E-state index contributed by atoms with van der Waals surface area (Å²) in [4.78, 5) is 11.5. The Morgan fingerprint density at radius 1 is 1.00 bits per heavy atom. The molecule has 0 saturated carbocycles. The first-order valence-corrected chi connectivity index (χ1v) is 5.92. The second-order valence-electron chi connectivity index (χ2n) is 3.88. The van der Waals surface area contributed by atoms with Crippen molar-refractivity contribution in [1.29, 1.82) is 0 Å². The van der Waals surface area contributed by atoms with Crippen LogP contribution in [0.1, 0.15) is 11.3 Å². The summed E-state index contributed by atoms with van der Waals surface area (Å²) < 4.78 is 0. The van der Waals surface area contributed by atoms with Crippen molar-refractivity contribution in [2.45, 2.75) is 0 Å². The maximum absolute atomic E-state index is 5.84. The van der Waals surface area contributed by atoms with Crippen LogP contribution in [-0.4, -0.2) is 15.0 Å². The summed E-state index contributed by atoms with van der Waals surface area (Å²) in [7, 11) is 0. The zero-order chi connectivity index (χ0) is 12.4. The van der Waals surface area contributed by atoms with Crippen LogP contribution in [0.25, 0.3) is 23.2 Å². The van der Waals surface area contributed by atoms with E-state index in [9.17, 15) is 0 Å². The molecular formula is C14H10ClN3. The molecule has 0 aliphatic carbocycles. The van der Waals surface area contributed by atoms with Gasteiger partial charge in [0.2, 0.25) is 0 Å². The zero-order valence-corrected chi connectivity index (χ0v) is 10.2. The quantitative estimate of drug-likeness (QED) is 0.757. The van der Waals surface area contributed by atoms with Crippen LogP contribution in [0.4, 0.5) is 0 Å². The van der Waals surface area contributed by atoms with E-state index in [1.807, 2.05) is 48.7 Å². The number of hydrogen-bond donors (Lipinski definition) is 1. The third-order valence-electron chi connectivity index (χ3n) is 2.69. The van der Waals surface area contributed by atoms with Gasteiger partial charge in [0.1, 0.15) is 12.0 Å². The number of benzene rings is 1. The average molecular weight is 256 g/mol. The van der Waals surface area contributed by atoms with Gasteiger partial charge in [0.25, 0.3) is 0 Å². The molecule has 4 heteroatoms. The predicted octanol–water partition coefficient (Wildman–Crippen LogP) is 3.78. The maximum atomic E-state index is 5.84. The molecule has 0 aliphatic rings. The van der Waals surface area contributed by atoms with Crippen LogP contribution in [0.5, 0.6) is 0 Å². The second-order valence-corrected chi connectivity index (χ2v) is 4.32. The van der Waals surface area contributed by atoms with Gasteiger partial charge in [-0.05, 0) is 29.8 Å². The fourth-order valence-electron chi connectivity index (χ4n) is 1.77. The Balaban J connectivity index is 1.96. The SMILES string of the molecule is Clc1ccc(C=Cc2ncnc3[nH]ccc23)cc1. The van der Waals surface area contributed by atoms with Crippen LogP contribution in [0.3, 0.4) is 0 Å². The lowest BCUT2D eigenvalue weighted by molar-refractivity contribution is 1.19. The number of H-pyrrole nitrogens is 1. The van der Waals surface area contributed by atoms with Crippen molar-refractivity contribution >= 4 is 34.8 Å². The summed E-state index contributed by atoms with van der Waals surface area (Å²) >= 11 is 5.84. The minimum absolute atomic E-state index is 0.738. The highest BCUT2D eigenvalue weighted by Gasteiger charge is 2.00. The molecule has 0 bridgehead atoms. The van der Waals surface area contributed by atoms with E-state index >= 15 is 0 Å². The molecule has 0 amide bonds. The number of rotatable bonds is 2. The lowest BCUT2D eigenvalue weighted by atomic mass is 10.2. The average Bonchev–Trinajstić information content (AvgIpc) is 2.87. The molecular weight excluding hydrogens is 246 g/mol. The number of nitrogens with one attached hydrogen (secondary N) is 1. The van der Waals surface area contributed by atoms with Gasteiger partial charge in [-0.25, -0.2) is 9.97 Å². The summed E-state index contributed by atoms with van der Waals surface area (Å²) in [5.74, 6) is 0. The molecule has 1 N–H and O–H groups in total. The Kier molecular flexibility index (Phi) is 2.82. The zero-order valence-electron chi connectivity index (χ0n) is 9.47. The molecule has 88 valence electrons. The van der Waals surface area contributed by atoms with E-state index in [4.69, 9.17) is 11.6 Å². The summed E-state index contributed by atoms with van der Waals surface area (Å²) in [6, 6.07) is 9.64. The molecule has 18 heavy (non-hydrogen) atoms. The van der Waals surface area contributed by atoms with Gasteiger partial charge in [0.15, 0.2) is 0 Å². The number of hydrogen-bond acceptors (Lipinski definition) is 2. The highest BCUT2D eigenvalue weighted by molar-refractivity contribution is 6.30. The molecule has 1 aromatic carbocycles. The van der Waals surface area contributed by atoms with E-state index in [1.54, 1.807) is 6.33 Å². The number of halogens is 1. The number of aromatic nitrogens is 3. The monoisotopic (exact) mass is 255 g/mol. The van der Waals surface area contributed by atoms with E-state index in [-0.39, 0.29) is 0 Å². The van der Waals surface area contributed by atoms with Crippen LogP contribution >= 0.6 is 11.6 Å². The first kappa shape index (κ1) is 11.0. The Labute approximate surface area is 109 Å². The fraction of sp³-hybridized carbons (Fsp3) is 0. The molecule has 3 aromatic rings. The molecule has 2 heterocycles. The van der Waals surface area contributed by atoms with Crippen molar-refractivity contribution < 1.29 is 0 Å². The van der Waals surface area contributed by atoms with Crippen molar-refractivity contribution in [1.82, 2.24) is 15.0 Å². The number of fused-ring (bicyclic) bond motifs is 1. The number of aromatic amines is 1. The fourth-order valence-corrected chi connectivity index (χ4v) is 1.90. The predicted molar refractivity (Wildman–Crippen MR) is 74.3 cm³/mol. The van der Waals surface area contributed by atoms with Crippen LogP contribution in [0.15, 0.2) is 42.9 Å². The molecule has 0 aliphatic heterocycles. The van der Waals surface area contributed by atoms with Crippen LogP contribution in [0, 0.1) is 0 Å². The van der Waals surface area contributed by atoms with Gasteiger partial charge in [-0.15, -0.1) is 0 Å². The Hall–Kier alpha value is -2.13. The van der Waals surface area contributed by atoms with Crippen molar-refractivity contribution in [3.8, 4) is 0 Å². The molecule has 0 saturated heterocycles. The second kappa shape index (κ2) is 4.63. The van der Waals surface area contributed by atoms with Crippen molar-refractivity contribution in [3.05, 3.63) is 59.1 Å². The molecule has 0 atom stereocenters. The lowest BCUT2D eigenvalue weighted by Crippen LogP contribution is -1.84. The van der Waals surface area contributed by atoms with Crippen LogP contribution in [-0.2, 0) is 0 Å². The molecule has 0 radical (unpaired) electrons. The van der Waals surface area contributed by atoms with Crippen LogP contribution < -0.4 is 0 Å². The van der Waals surface area contributed by atoms with Crippen LogP contribution in [0.2, 0.25) is 5.02 Å². The van der Waals surface area contributed by atoms with Crippen molar-refractivity contribution in [2.24, 2.45) is 0 Å². The van der Waals surface area contributed by atoms with E-state index in [1.165, 1.54) is 0 Å². The maximum Gasteiger partial charge on any atom is 0.141 e. The summed E-state index contributed by atoms with van der Waals surface area (Å²) in [5.41, 5.74) is 2.83. The topological polar surface area (TPSA) is 41.6 Å². The molecule has 3 rings (SSSR count). The van der Waals surface area contributed by atoms with E-state index in [0.717, 1.165) is 27.3 Å². The van der Waals surface area contributed by atoms with Gasteiger partial charge in [-0.1, -0.05) is 29.8 Å². The minimum Gasteiger partial charge on any atom is -0.346 e. The standard InChI is InChI=1S/C14H10ClN3/c15-11-4-1-10(2-5-11)3-6-13-12-7-8-16-14(12)18-9-17-13/h1-9H,(H,16,17,18). The van der Waals surface area contributed by atoms with E-state index in [0.29, 0.717) is 0 Å². The Morgan fingerprint density at radius 2 is 1.83 bits per heavy atom. The van der Waals surface area contributed by atoms with Gasteiger partial charge < -0.3 is 4.98 Å². The Morgan fingerprint density at radius 3 is 2.67 bits per heavy atom. The number of nitrogens with zero attached hydrogens (tertiary/aromatic N) is 2. The van der Waals surface area contributed by atoms with Crippen molar-refractivity contribution in [2.75, 3.05) is 0 Å². The van der Waals surface area contributed by atoms with E-state index in [2.05, 4.69) is 15.0 Å². The summed E-state index contributed by atoms with van der Waals surface area (Å²) in [5, 5.41) is 1.75. The van der Waals surface area contributed by atoms with Gasteiger partial charge >= 0.3 is 0 Å². The third kappa shape index (κ3) is 2.13. The first-order valence-electron chi connectivity index (χ1n) is 5.55. The van der Waals surface area contributed by atoms with Gasteiger partial charge in [-0.2, -0.15) is 0 Å². The van der Waals surface area contributed by atoms with Gasteiger partial charge in [-0.3, -0.25) is 0 Å². The molecule has 2 aromatic heterocycles. The molecule has 3 nitrogen and oxygen atoms in total. The summed E-state index contributed by atoms with van der Waals surface area (Å²) in [6.07, 6.45) is 7.39. The van der Waals surface area contributed by atoms with Crippen molar-refractivity contribution in [3.63, 3.8) is 0 Å². The highest BCUT2D eigenvalue weighted by atomic mass is 35.5. The minimum atomic E-state index is 0.738. The largest absolute Gasteiger partial charge is 0.346 e.